The lowest BCUT2D eigenvalue weighted by atomic mass is 9.99. The zero-order chi connectivity index (χ0) is 15.6. The van der Waals surface area contributed by atoms with Crippen LogP contribution in [0.3, 0.4) is 0 Å². The van der Waals surface area contributed by atoms with Crippen molar-refractivity contribution in [1.29, 1.82) is 0 Å². The number of anilines is 1. The fraction of sp³-hybridized carbons (Fsp3) is 0.143. The molecule has 0 aliphatic rings. The van der Waals surface area contributed by atoms with E-state index in [1.54, 1.807) is 0 Å². The maximum absolute atomic E-state index is 12.4. The van der Waals surface area contributed by atoms with Gasteiger partial charge in [0.1, 0.15) is 11.9 Å². The molecule has 0 bridgehead atoms. The van der Waals surface area contributed by atoms with Gasteiger partial charge in [-0.15, -0.1) is 13.2 Å². The average Bonchev–Trinajstić information content (AvgIpc) is 2.36. The summed E-state index contributed by atoms with van der Waals surface area (Å²) in [4.78, 5) is 0. The molecule has 0 fully saturated rings. The van der Waals surface area contributed by atoms with Crippen molar-refractivity contribution >= 4 is 17.3 Å². The molecule has 0 aliphatic heterocycles. The van der Waals surface area contributed by atoms with Crippen molar-refractivity contribution in [3.05, 3.63) is 58.6 Å². The number of aliphatic hydroxyl groups is 1. The summed E-state index contributed by atoms with van der Waals surface area (Å²) in [7, 11) is 0. The first kappa shape index (κ1) is 15.5. The summed E-state index contributed by atoms with van der Waals surface area (Å²) in [6, 6.07) is 9.68. The Morgan fingerprint density at radius 2 is 1.76 bits per heavy atom. The molecular formula is C14H11ClF3NO2. The molecule has 0 saturated heterocycles. The van der Waals surface area contributed by atoms with Crippen LogP contribution in [0.25, 0.3) is 0 Å². The fourth-order valence-electron chi connectivity index (χ4n) is 1.89. The molecule has 21 heavy (non-hydrogen) atoms. The normalized spacial score (nSPS) is 13.0. The van der Waals surface area contributed by atoms with E-state index in [1.807, 2.05) is 0 Å². The van der Waals surface area contributed by atoms with E-state index in [0.717, 1.165) is 6.07 Å². The van der Waals surface area contributed by atoms with E-state index in [-0.39, 0.29) is 16.8 Å². The molecule has 2 aromatic carbocycles. The lowest BCUT2D eigenvalue weighted by Gasteiger charge is -2.18. The summed E-state index contributed by atoms with van der Waals surface area (Å²) < 4.78 is 41.0. The lowest BCUT2D eigenvalue weighted by Crippen LogP contribution is -2.19. The van der Waals surface area contributed by atoms with Crippen LogP contribution in [0.4, 0.5) is 18.9 Å². The zero-order valence-corrected chi connectivity index (χ0v) is 11.3. The third-order valence-electron chi connectivity index (χ3n) is 2.78. The Morgan fingerprint density at radius 1 is 1.10 bits per heavy atom. The van der Waals surface area contributed by atoms with Crippen molar-refractivity contribution in [2.75, 3.05) is 5.73 Å². The number of para-hydroxylation sites is 1. The van der Waals surface area contributed by atoms with Gasteiger partial charge in [0.05, 0.1) is 0 Å². The highest BCUT2D eigenvalue weighted by Crippen LogP contribution is 2.35. The van der Waals surface area contributed by atoms with Gasteiger partial charge in [-0.05, 0) is 18.2 Å². The summed E-state index contributed by atoms with van der Waals surface area (Å²) in [5.41, 5.74) is 6.12. The van der Waals surface area contributed by atoms with Gasteiger partial charge in [-0.1, -0.05) is 35.9 Å². The number of nitrogens with two attached hydrogens (primary N) is 1. The summed E-state index contributed by atoms with van der Waals surface area (Å²) in [5.74, 6) is -0.480. The first-order valence-corrected chi connectivity index (χ1v) is 6.23. The SMILES string of the molecule is Nc1cc(Cl)ccc1C(O)c1ccccc1OC(F)(F)F. The van der Waals surface area contributed by atoms with E-state index < -0.39 is 18.2 Å². The van der Waals surface area contributed by atoms with Crippen LogP contribution in [0.2, 0.25) is 5.02 Å². The number of hydrogen-bond donors (Lipinski definition) is 2. The number of ether oxygens (including phenoxy) is 1. The van der Waals surface area contributed by atoms with E-state index >= 15 is 0 Å². The quantitative estimate of drug-likeness (QED) is 0.844. The minimum absolute atomic E-state index is 0.0381. The topological polar surface area (TPSA) is 55.5 Å². The molecule has 0 radical (unpaired) electrons. The number of nitrogen functional groups attached to an aromatic ring is 1. The largest absolute Gasteiger partial charge is 0.573 e. The third kappa shape index (κ3) is 3.80. The molecule has 0 amide bonds. The van der Waals surface area contributed by atoms with Gasteiger partial charge in [0.25, 0.3) is 0 Å². The molecule has 7 heteroatoms. The molecule has 3 nitrogen and oxygen atoms in total. The monoisotopic (exact) mass is 317 g/mol. The fourth-order valence-corrected chi connectivity index (χ4v) is 2.07. The van der Waals surface area contributed by atoms with Gasteiger partial charge in [-0.2, -0.15) is 0 Å². The molecule has 112 valence electrons. The minimum atomic E-state index is -4.85. The van der Waals surface area contributed by atoms with Crippen LogP contribution >= 0.6 is 11.6 Å². The number of halogens is 4. The van der Waals surface area contributed by atoms with Crippen molar-refractivity contribution in [1.82, 2.24) is 0 Å². The van der Waals surface area contributed by atoms with Gasteiger partial charge >= 0.3 is 6.36 Å². The van der Waals surface area contributed by atoms with Crippen LogP contribution in [0.15, 0.2) is 42.5 Å². The Balaban J connectivity index is 2.41. The molecule has 2 aromatic rings. The highest BCUT2D eigenvalue weighted by Gasteiger charge is 2.33. The maximum Gasteiger partial charge on any atom is 0.573 e. The van der Waals surface area contributed by atoms with Crippen molar-refractivity contribution in [3.63, 3.8) is 0 Å². The van der Waals surface area contributed by atoms with Crippen molar-refractivity contribution in [3.8, 4) is 5.75 Å². The molecule has 0 aromatic heterocycles. The van der Waals surface area contributed by atoms with Crippen LogP contribution in [-0.2, 0) is 0 Å². The van der Waals surface area contributed by atoms with E-state index in [0.29, 0.717) is 5.02 Å². The molecule has 0 heterocycles. The maximum atomic E-state index is 12.4. The van der Waals surface area contributed by atoms with Crippen LogP contribution in [0, 0.1) is 0 Å². The van der Waals surface area contributed by atoms with Crippen molar-refractivity contribution in [2.24, 2.45) is 0 Å². The summed E-state index contributed by atoms with van der Waals surface area (Å²) in [6.07, 6.45) is -6.21. The molecule has 1 unspecified atom stereocenters. The first-order chi connectivity index (χ1) is 9.78. The molecule has 2 rings (SSSR count). The highest BCUT2D eigenvalue weighted by molar-refractivity contribution is 6.30. The Kier molecular flexibility index (Phi) is 4.29. The van der Waals surface area contributed by atoms with Gasteiger partial charge in [0, 0.05) is 21.8 Å². The van der Waals surface area contributed by atoms with E-state index in [4.69, 9.17) is 17.3 Å². The molecule has 0 saturated carbocycles. The summed E-state index contributed by atoms with van der Waals surface area (Å²) in [5, 5.41) is 10.6. The smallest absolute Gasteiger partial charge is 0.405 e. The predicted octanol–water partition coefficient (Wildman–Crippen LogP) is 3.90. The average molecular weight is 318 g/mol. The molecule has 0 aliphatic carbocycles. The van der Waals surface area contributed by atoms with Gasteiger partial charge in [0.2, 0.25) is 0 Å². The second-order valence-electron chi connectivity index (χ2n) is 4.26. The number of rotatable bonds is 3. The third-order valence-corrected chi connectivity index (χ3v) is 3.02. The first-order valence-electron chi connectivity index (χ1n) is 5.85. The van der Waals surface area contributed by atoms with Crippen LogP contribution in [0.5, 0.6) is 5.75 Å². The lowest BCUT2D eigenvalue weighted by molar-refractivity contribution is -0.275. The Labute approximate surface area is 123 Å². The molecule has 1 atom stereocenters. The summed E-state index contributed by atoms with van der Waals surface area (Å²) >= 11 is 5.75. The Hall–Kier alpha value is -1.92. The number of aliphatic hydroxyl groups excluding tert-OH is 1. The molecule has 0 spiro atoms. The minimum Gasteiger partial charge on any atom is -0.405 e. The van der Waals surface area contributed by atoms with Crippen molar-refractivity contribution in [2.45, 2.75) is 12.5 Å². The van der Waals surface area contributed by atoms with Gasteiger partial charge in [-0.3, -0.25) is 0 Å². The van der Waals surface area contributed by atoms with Crippen LogP contribution in [-0.4, -0.2) is 11.5 Å². The number of hydrogen-bond acceptors (Lipinski definition) is 3. The Morgan fingerprint density at radius 3 is 2.38 bits per heavy atom. The van der Waals surface area contributed by atoms with Gasteiger partial charge < -0.3 is 15.6 Å². The Bertz CT molecular complexity index is 646. The van der Waals surface area contributed by atoms with E-state index in [2.05, 4.69) is 4.74 Å². The molecular weight excluding hydrogens is 307 g/mol. The van der Waals surface area contributed by atoms with Crippen molar-refractivity contribution < 1.29 is 23.0 Å². The van der Waals surface area contributed by atoms with E-state index in [1.165, 1.54) is 36.4 Å². The summed E-state index contributed by atoms with van der Waals surface area (Å²) in [6.45, 7) is 0. The van der Waals surface area contributed by atoms with Gasteiger partial charge in [-0.25, -0.2) is 0 Å². The van der Waals surface area contributed by atoms with Gasteiger partial charge in [0.15, 0.2) is 0 Å². The number of benzene rings is 2. The second kappa shape index (κ2) is 5.83. The second-order valence-corrected chi connectivity index (χ2v) is 4.70. The van der Waals surface area contributed by atoms with Crippen LogP contribution < -0.4 is 10.5 Å². The molecule has 3 N–H and O–H groups in total. The number of alkyl halides is 3. The van der Waals surface area contributed by atoms with E-state index in [9.17, 15) is 18.3 Å². The highest BCUT2D eigenvalue weighted by atomic mass is 35.5. The zero-order valence-electron chi connectivity index (χ0n) is 10.6. The standard InChI is InChI=1S/C14H11ClF3NO2/c15-8-5-6-9(11(19)7-8)13(20)10-3-1-2-4-12(10)21-14(16,17)18/h1-7,13,20H,19H2. The predicted molar refractivity (Wildman–Crippen MR) is 73.1 cm³/mol. The van der Waals surface area contributed by atoms with Crippen LogP contribution in [0.1, 0.15) is 17.2 Å².